The predicted octanol–water partition coefficient (Wildman–Crippen LogP) is 3.23. The number of carbonyl (C=O) groups is 1. The van der Waals surface area contributed by atoms with Crippen LogP contribution in [-0.2, 0) is 4.79 Å². The van der Waals surface area contributed by atoms with Gasteiger partial charge in [-0.15, -0.1) is 6.58 Å². The Bertz CT molecular complexity index is 167. The van der Waals surface area contributed by atoms with E-state index in [4.69, 9.17) is 10.2 Å². The summed E-state index contributed by atoms with van der Waals surface area (Å²) in [6.45, 7) is 5.45. The van der Waals surface area contributed by atoms with Gasteiger partial charge in [-0.3, -0.25) is 4.79 Å². The first-order valence-corrected chi connectivity index (χ1v) is 5.97. The molecular formula is C13H26O3. The number of hydrogen-bond donors (Lipinski definition) is 2. The molecule has 0 bridgehead atoms. The van der Waals surface area contributed by atoms with Crippen LogP contribution >= 0.6 is 0 Å². The standard InChI is InChI=1S/C12H22O2.CH4O/c1-3-4-5-6-7-8-9-10-11(2)12(13)14;1-2/h3,11H,1,4-10H2,2H3,(H,13,14);2H,1H3. The fourth-order valence-electron chi connectivity index (χ4n) is 1.39. The zero-order valence-electron chi connectivity index (χ0n) is 10.6. The van der Waals surface area contributed by atoms with E-state index < -0.39 is 5.97 Å². The van der Waals surface area contributed by atoms with E-state index in [1.807, 2.05) is 6.08 Å². The molecule has 0 saturated carbocycles. The van der Waals surface area contributed by atoms with Crippen molar-refractivity contribution in [2.24, 2.45) is 5.92 Å². The number of aliphatic carboxylic acids is 1. The summed E-state index contributed by atoms with van der Waals surface area (Å²) in [5, 5.41) is 15.6. The van der Waals surface area contributed by atoms with Gasteiger partial charge in [-0.1, -0.05) is 38.7 Å². The number of allylic oxidation sites excluding steroid dienone is 1. The lowest BCUT2D eigenvalue weighted by Gasteiger charge is -2.04. The lowest BCUT2D eigenvalue weighted by molar-refractivity contribution is -0.141. The summed E-state index contributed by atoms with van der Waals surface area (Å²) in [6, 6.07) is 0. The van der Waals surface area contributed by atoms with E-state index >= 15 is 0 Å². The smallest absolute Gasteiger partial charge is 0.306 e. The number of carboxylic acid groups (broad SMARTS) is 1. The van der Waals surface area contributed by atoms with Crippen molar-refractivity contribution >= 4 is 5.97 Å². The highest BCUT2D eigenvalue weighted by atomic mass is 16.4. The largest absolute Gasteiger partial charge is 0.481 e. The van der Waals surface area contributed by atoms with Gasteiger partial charge in [-0.2, -0.15) is 0 Å². The summed E-state index contributed by atoms with van der Waals surface area (Å²) in [4.78, 5) is 10.5. The molecule has 0 radical (unpaired) electrons. The van der Waals surface area contributed by atoms with Gasteiger partial charge in [0.15, 0.2) is 0 Å². The third kappa shape index (κ3) is 13.2. The van der Waals surface area contributed by atoms with E-state index in [-0.39, 0.29) is 5.92 Å². The van der Waals surface area contributed by atoms with E-state index in [9.17, 15) is 4.79 Å². The van der Waals surface area contributed by atoms with Crippen molar-refractivity contribution in [2.75, 3.05) is 7.11 Å². The molecule has 1 atom stereocenters. The fourth-order valence-corrected chi connectivity index (χ4v) is 1.39. The molecule has 2 N–H and O–H groups in total. The maximum absolute atomic E-state index is 10.5. The van der Waals surface area contributed by atoms with E-state index in [1.54, 1.807) is 6.92 Å². The summed E-state index contributed by atoms with van der Waals surface area (Å²) in [6.07, 6.45) is 9.76. The zero-order valence-corrected chi connectivity index (χ0v) is 10.6. The molecule has 0 aliphatic carbocycles. The first kappa shape index (κ1) is 17.6. The van der Waals surface area contributed by atoms with Gasteiger partial charge in [-0.05, 0) is 19.3 Å². The van der Waals surface area contributed by atoms with Crippen LogP contribution in [0.2, 0.25) is 0 Å². The van der Waals surface area contributed by atoms with Gasteiger partial charge in [-0.25, -0.2) is 0 Å². The number of unbranched alkanes of at least 4 members (excludes halogenated alkanes) is 5. The second-order valence-electron chi connectivity index (χ2n) is 3.87. The first-order valence-electron chi connectivity index (χ1n) is 5.97. The zero-order chi connectivity index (χ0) is 12.8. The fraction of sp³-hybridized carbons (Fsp3) is 0.769. The maximum Gasteiger partial charge on any atom is 0.306 e. The number of aliphatic hydroxyl groups excluding tert-OH is 1. The molecule has 0 heterocycles. The lowest BCUT2D eigenvalue weighted by Crippen LogP contribution is -2.08. The normalized spacial score (nSPS) is 11.2. The van der Waals surface area contributed by atoms with Crippen LogP contribution in [0.1, 0.15) is 51.9 Å². The molecule has 3 nitrogen and oxygen atoms in total. The molecule has 0 aromatic rings. The highest BCUT2D eigenvalue weighted by molar-refractivity contribution is 5.69. The Morgan fingerprint density at radius 1 is 1.19 bits per heavy atom. The van der Waals surface area contributed by atoms with Crippen LogP contribution < -0.4 is 0 Å². The second kappa shape index (κ2) is 14.2. The molecule has 0 rings (SSSR count). The SMILES string of the molecule is C=CCCCCCCCC(C)C(=O)O.CO. The highest BCUT2D eigenvalue weighted by Gasteiger charge is 2.09. The quantitative estimate of drug-likeness (QED) is 0.472. The molecule has 16 heavy (non-hydrogen) atoms. The molecule has 0 fully saturated rings. The third-order valence-corrected chi connectivity index (χ3v) is 2.47. The maximum atomic E-state index is 10.5. The Kier molecular flexibility index (Phi) is 15.6. The van der Waals surface area contributed by atoms with Gasteiger partial charge in [0.2, 0.25) is 0 Å². The Balaban J connectivity index is 0. The molecule has 3 heteroatoms. The van der Waals surface area contributed by atoms with E-state index in [0.717, 1.165) is 32.8 Å². The number of rotatable bonds is 9. The Morgan fingerprint density at radius 3 is 2.19 bits per heavy atom. The molecule has 0 saturated heterocycles. The molecule has 0 aromatic heterocycles. The molecule has 0 aliphatic heterocycles. The Labute approximate surface area is 99.2 Å². The van der Waals surface area contributed by atoms with Gasteiger partial charge in [0.1, 0.15) is 0 Å². The van der Waals surface area contributed by atoms with Crippen LogP contribution in [0.5, 0.6) is 0 Å². The van der Waals surface area contributed by atoms with Gasteiger partial charge < -0.3 is 10.2 Å². The van der Waals surface area contributed by atoms with Crippen LogP contribution in [0.15, 0.2) is 12.7 Å². The van der Waals surface area contributed by atoms with Crippen LogP contribution in [0.4, 0.5) is 0 Å². The van der Waals surface area contributed by atoms with E-state index in [2.05, 4.69) is 6.58 Å². The molecule has 0 aromatic carbocycles. The predicted molar refractivity (Wildman–Crippen MR) is 67.5 cm³/mol. The van der Waals surface area contributed by atoms with Crippen molar-refractivity contribution in [2.45, 2.75) is 51.9 Å². The topological polar surface area (TPSA) is 57.5 Å². The van der Waals surface area contributed by atoms with Gasteiger partial charge in [0.05, 0.1) is 5.92 Å². The molecule has 0 spiro atoms. The monoisotopic (exact) mass is 230 g/mol. The van der Waals surface area contributed by atoms with Gasteiger partial charge in [0, 0.05) is 7.11 Å². The van der Waals surface area contributed by atoms with Crippen molar-refractivity contribution in [3.63, 3.8) is 0 Å². The minimum Gasteiger partial charge on any atom is -0.481 e. The second-order valence-corrected chi connectivity index (χ2v) is 3.87. The van der Waals surface area contributed by atoms with Crippen molar-refractivity contribution in [3.8, 4) is 0 Å². The van der Waals surface area contributed by atoms with Crippen molar-refractivity contribution in [1.82, 2.24) is 0 Å². The van der Waals surface area contributed by atoms with Crippen LogP contribution in [0, 0.1) is 5.92 Å². The summed E-state index contributed by atoms with van der Waals surface area (Å²) in [5.74, 6) is -0.847. The van der Waals surface area contributed by atoms with E-state index in [1.165, 1.54) is 19.3 Å². The van der Waals surface area contributed by atoms with Crippen molar-refractivity contribution in [3.05, 3.63) is 12.7 Å². The summed E-state index contributed by atoms with van der Waals surface area (Å²) in [7, 11) is 1.00. The number of hydrogen-bond acceptors (Lipinski definition) is 2. The van der Waals surface area contributed by atoms with Gasteiger partial charge >= 0.3 is 5.97 Å². The Hall–Kier alpha value is -0.830. The summed E-state index contributed by atoms with van der Waals surface area (Å²) in [5.41, 5.74) is 0. The van der Waals surface area contributed by atoms with Crippen LogP contribution in [0.25, 0.3) is 0 Å². The summed E-state index contributed by atoms with van der Waals surface area (Å²) >= 11 is 0. The van der Waals surface area contributed by atoms with Crippen LogP contribution in [0.3, 0.4) is 0 Å². The lowest BCUT2D eigenvalue weighted by atomic mass is 10.0. The first-order chi connectivity index (χ1) is 7.68. The number of aliphatic hydroxyl groups is 1. The molecule has 1 unspecified atom stereocenters. The summed E-state index contributed by atoms with van der Waals surface area (Å²) < 4.78 is 0. The van der Waals surface area contributed by atoms with Crippen molar-refractivity contribution in [1.29, 1.82) is 0 Å². The third-order valence-electron chi connectivity index (χ3n) is 2.47. The minimum absolute atomic E-state index is 0.178. The Morgan fingerprint density at radius 2 is 1.69 bits per heavy atom. The molecular weight excluding hydrogens is 204 g/mol. The number of carboxylic acids is 1. The highest BCUT2D eigenvalue weighted by Crippen LogP contribution is 2.12. The van der Waals surface area contributed by atoms with Crippen LogP contribution in [-0.4, -0.2) is 23.3 Å². The average Bonchev–Trinajstić information content (AvgIpc) is 2.30. The molecule has 0 amide bonds. The minimum atomic E-state index is -0.670. The van der Waals surface area contributed by atoms with Gasteiger partial charge in [0.25, 0.3) is 0 Å². The average molecular weight is 230 g/mol. The molecule has 96 valence electrons. The van der Waals surface area contributed by atoms with Crippen molar-refractivity contribution < 1.29 is 15.0 Å². The van der Waals surface area contributed by atoms with E-state index in [0.29, 0.717) is 0 Å². The molecule has 0 aliphatic rings.